The predicted molar refractivity (Wildman–Crippen MR) is 137 cm³/mol. The van der Waals surface area contributed by atoms with E-state index in [9.17, 15) is 50.1 Å². The lowest BCUT2D eigenvalue weighted by Crippen LogP contribution is -2.59. The first-order valence-electron chi connectivity index (χ1n) is 12.5. The van der Waals surface area contributed by atoms with Crippen molar-refractivity contribution in [2.24, 2.45) is 0 Å². The zero-order chi connectivity index (χ0) is 31.2. The highest BCUT2D eigenvalue weighted by Crippen LogP contribution is 2.52. The molecule has 2 aromatic carbocycles. The number of hydrogen-bond acceptors (Lipinski definition) is 13. The second kappa shape index (κ2) is 11.3. The van der Waals surface area contributed by atoms with Gasteiger partial charge >= 0.3 is 17.9 Å². The zero-order valence-corrected chi connectivity index (χ0v) is 21.7. The summed E-state index contributed by atoms with van der Waals surface area (Å²) in [5, 5.41) is 80.5. The van der Waals surface area contributed by atoms with Crippen LogP contribution in [0.2, 0.25) is 0 Å². The van der Waals surface area contributed by atoms with Crippen molar-refractivity contribution in [2.45, 2.75) is 43.2 Å². The predicted octanol–water partition coefficient (Wildman–Crippen LogP) is -0.173. The number of carboxylic acid groups (broad SMARTS) is 2. The molecule has 3 heterocycles. The summed E-state index contributed by atoms with van der Waals surface area (Å²) in [4.78, 5) is 32.3. The lowest BCUT2D eigenvalue weighted by molar-refractivity contribution is -0.294. The molecule has 2 aromatic rings. The minimum Gasteiger partial charge on any atom is -0.508 e. The summed E-state index contributed by atoms with van der Waals surface area (Å²) < 4.78 is 28.0. The van der Waals surface area contributed by atoms with Crippen LogP contribution in [-0.4, -0.2) is 101 Å². The van der Waals surface area contributed by atoms with Crippen molar-refractivity contribution in [2.75, 3.05) is 6.61 Å². The van der Waals surface area contributed by atoms with Crippen LogP contribution in [0.1, 0.15) is 23.7 Å². The minimum atomic E-state index is -1.93. The van der Waals surface area contributed by atoms with Crippen LogP contribution in [0.15, 0.2) is 47.9 Å². The number of hydrogen-bond donors (Lipinski definition) is 8. The van der Waals surface area contributed by atoms with Gasteiger partial charge in [0.2, 0.25) is 6.29 Å². The van der Waals surface area contributed by atoms with Crippen molar-refractivity contribution in [1.29, 1.82) is 0 Å². The first-order chi connectivity index (χ1) is 20.3. The number of aromatic hydroxyl groups is 3. The molecule has 0 aliphatic carbocycles. The zero-order valence-electron chi connectivity index (χ0n) is 21.7. The van der Waals surface area contributed by atoms with Gasteiger partial charge in [0, 0.05) is 29.3 Å². The smallest absolute Gasteiger partial charge is 0.508 e. The van der Waals surface area contributed by atoms with Crippen molar-refractivity contribution in [3.63, 3.8) is 0 Å². The third kappa shape index (κ3) is 5.71. The molecule has 16 nitrogen and oxygen atoms in total. The maximum absolute atomic E-state index is 11.7. The van der Waals surface area contributed by atoms with Gasteiger partial charge in [0.25, 0.3) is 5.76 Å². The van der Waals surface area contributed by atoms with E-state index >= 15 is 0 Å². The Hall–Kier alpha value is -5.03. The van der Waals surface area contributed by atoms with Crippen molar-refractivity contribution in [3.05, 3.63) is 59.1 Å². The molecule has 5 rings (SSSR count). The first-order valence-corrected chi connectivity index (χ1v) is 12.5. The van der Waals surface area contributed by atoms with Crippen LogP contribution in [0.4, 0.5) is 0 Å². The molecule has 6 atom stereocenters. The van der Waals surface area contributed by atoms with Crippen LogP contribution in [-0.2, 0) is 23.8 Å². The highest BCUT2D eigenvalue weighted by molar-refractivity contribution is 5.96. The number of phenolic OH excluding ortho intramolecular Hbond substituents is 3. The van der Waals surface area contributed by atoms with Gasteiger partial charge in [-0.3, -0.25) is 9.59 Å². The fourth-order valence-electron chi connectivity index (χ4n) is 4.67. The van der Waals surface area contributed by atoms with E-state index in [1.165, 1.54) is 12.1 Å². The number of carbonyl (C=O) groups excluding carboxylic acids is 1. The molecule has 1 unspecified atom stereocenters. The molecule has 43 heavy (non-hydrogen) atoms. The van der Waals surface area contributed by atoms with E-state index in [1.54, 1.807) is 0 Å². The monoisotopic (exact) mass is 605 g/mol. The molecule has 16 heteroatoms. The fraction of sp³-hybridized carbons (Fsp3) is 0.296. The summed E-state index contributed by atoms with van der Waals surface area (Å²) in [6.07, 6.45) is -10.2. The maximum Gasteiger partial charge on any atom is 0.552 e. The molecule has 0 radical (unpaired) electrons. The number of allylic oxidation sites excluding steroid dienone is 2. The number of carbonyl (C=O) groups is 2. The van der Waals surface area contributed by atoms with Crippen molar-refractivity contribution < 1.29 is 78.9 Å². The molecule has 1 fully saturated rings. The van der Waals surface area contributed by atoms with Gasteiger partial charge in [-0.05, 0) is 12.1 Å². The lowest BCUT2D eigenvalue weighted by atomic mass is 9.92. The normalized spacial score (nSPS) is 25.9. The topological polar surface area (TPSA) is 264 Å². The van der Waals surface area contributed by atoms with Gasteiger partial charge in [0.05, 0.1) is 5.56 Å². The average Bonchev–Trinajstić information content (AvgIpc) is 2.94. The van der Waals surface area contributed by atoms with Crippen LogP contribution < -0.4 is 9.47 Å². The summed E-state index contributed by atoms with van der Waals surface area (Å²) in [6, 6.07) is 5.99. The molecular formula is C27H25O16+. The Kier molecular flexibility index (Phi) is 7.76. The quantitative estimate of drug-likeness (QED) is 0.0840. The number of aliphatic hydroxyl groups is 3. The van der Waals surface area contributed by atoms with Crippen LogP contribution in [0.25, 0.3) is 5.57 Å². The molecule has 0 spiro atoms. The van der Waals surface area contributed by atoms with Gasteiger partial charge in [0.1, 0.15) is 54.7 Å². The Morgan fingerprint density at radius 2 is 1.65 bits per heavy atom. The molecule has 0 aromatic heterocycles. The Labute approximate surface area is 240 Å². The molecule has 228 valence electrons. The summed E-state index contributed by atoms with van der Waals surface area (Å²) in [7, 11) is 0. The number of ether oxygens (including phenoxy) is 5. The summed E-state index contributed by atoms with van der Waals surface area (Å²) in [5.41, 5.74) is 0.357. The average molecular weight is 605 g/mol. The van der Waals surface area contributed by atoms with Crippen LogP contribution >= 0.6 is 0 Å². The second-order valence-corrected chi connectivity index (χ2v) is 9.66. The molecule has 3 aliphatic heterocycles. The number of phenols is 3. The number of benzene rings is 2. The van der Waals surface area contributed by atoms with Crippen molar-refractivity contribution in [3.8, 4) is 28.7 Å². The third-order valence-electron chi connectivity index (χ3n) is 6.70. The SMILES string of the molecule is O=C(O)CC(=O)OC[C@H]1O[C@@H](OC2=C3C=C(C(O)=[OH+])Oc4cc(O)cc(c43)OC2c2ccc(O)c(O)c2)[C@H](O)[C@H](O)[C@@H]1O. The van der Waals surface area contributed by atoms with Gasteiger partial charge in [-0.2, -0.15) is 0 Å². The van der Waals surface area contributed by atoms with E-state index in [-0.39, 0.29) is 39.7 Å². The van der Waals surface area contributed by atoms with E-state index in [0.29, 0.717) is 0 Å². The fourth-order valence-corrected chi connectivity index (χ4v) is 4.67. The number of esters is 1. The van der Waals surface area contributed by atoms with Gasteiger partial charge < -0.3 is 69.3 Å². The number of carboxylic acids is 2. The first kappa shape index (κ1) is 29.5. The Morgan fingerprint density at radius 1 is 0.930 bits per heavy atom. The molecule has 0 amide bonds. The van der Waals surface area contributed by atoms with Gasteiger partial charge in [0.15, 0.2) is 23.4 Å². The third-order valence-corrected chi connectivity index (χ3v) is 6.70. The molecule has 3 aliphatic rings. The minimum absolute atomic E-state index is 0.0198. The van der Waals surface area contributed by atoms with E-state index in [0.717, 1.165) is 24.3 Å². The van der Waals surface area contributed by atoms with Crippen LogP contribution in [0.3, 0.4) is 0 Å². The summed E-state index contributed by atoms with van der Waals surface area (Å²) >= 11 is 0. The summed E-state index contributed by atoms with van der Waals surface area (Å²) in [5.74, 6) is -6.00. The lowest BCUT2D eigenvalue weighted by Gasteiger charge is -2.42. The van der Waals surface area contributed by atoms with E-state index in [2.05, 4.69) is 0 Å². The van der Waals surface area contributed by atoms with E-state index in [4.69, 9.17) is 28.8 Å². The highest BCUT2D eigenvalue weighted by atomic mass is 16.7. The second-order valence-electron chi connectivity index (χ2n) is 9.66. The van der Waals surface area contributed by atoms with Crippen molar-refractivity contribution >= 4 is 23.5 Å². The highest BCUT2D eigenvalue weighted by Gasteiger charge is 2.48. The Balaban J connectivity index is 1.58. The van der Waals surface area contributed by atoms with Crippen LogP contribution in [0, 0.1) is 0 Å². The molecular weight excluding hydrogens is 580 g/mol. The van der Waals surface area contributed by atoms with Gasteiger partial charge in [-0.1, -0.05) is 6.07 Å². The maximum atomic E-state index is 11.7. The number of rotatable bonds is 8. The number of aliphatic carboxylic acids is 2. The Bertz CT molecular complexity index is 1540. The number of aliphatic hydroxyl groups excluding tert-OH is 4. The molecule has 0 bridgehead atoms. The van der Waals surface area contributed by atoms with Gasteiger partial charge in [-0.25, -0.2) is 0 Å². The standard InChI is InChI=1S/C27H24O16/c28-10-4-14-20-11(6-16(40-14)26(37)38)25(24(41-15(20)5-10)9-1-2-12(29)13(30)3-9)43-27-23(36)22(35)21(34)17(42-27)8-39-19(33)7-18(31)32/h1-6,17,21-24,27-30,34-36H,7-8H2,(H,31,32)(H,37,38)/p+1/t17-,21-,22-,23-,24?,27+/m1/s1. The summed E-state index contributed by atoms with van der Waals surface area (Å²) in [6.45, 7) is -0.730. The molecule has 0 saturated carbocycles. The molecule has 9 N–H and O–H groups in total. The molecule has 1 saturated heterocycles. The van der Waals surface area contributed by atoms with E-state index < -0.39 is 85.0 Å². The largest absolute Gasteiger partial charge is 0.552 e. The Morgan fingerprint density at radius 3 is 2.33 bits per heavy atom. The van der Waals surface area contributed by atoms with Gasteiger partial charge in [-0.15, -0.1) is 0 Å². The van der Waals surface area contributed by atoms with E-state index in [1.807, 2.05) is 0 Å². The van der Waals surface area contributed by atoms with Crippen LogP contribution in [0.5, 0.6) is 28.7 Å². The van der Waals surface area contributed by atoms with Crippen molar-refractivity contribution in [1.82, 2.24) is 0 Å².